The van der Waals surface area contributed by atoms with Crippen LogP contribution in [0.2, 0.25) is 0 Å². The van der Waals surface area contributed by atoms with Crippen LogP contribution in [-0.2, 0) is 16.0 Å². The number of likely N-dealkylation sites (N-methyl/N-ethyl adjacent to an activating group) is 1. The molecule has 13 nitrogen and oxygen atoms in total. The molecule has 3 atom stereocenters. The number of aromatic nitrogens is 3. The number of rotatable bonds is 8. The van der Waals surface area contributed by atoms with E-state index in [1.807, 2.05) is 18.9 Å². The van der Waals surface area contributed by atoms with Crippen LogP contribution in [0.25, 0.3) is 10.9 Å². The fourth-order valence-electron chi connectivity index (χ4n) is 5.15. The number of anilines is 1. The molecule has 4 heterocycles. The molecule has 0 saturated carbocycles. The number of hydrogen-bond acceptors (Lipinski definition) is 8. The molecular weight excluding hydrogens is 537 g/mol. The number of benzene rings is 1. The maximum Gasteiger partial charge on any atom is 0.326 e. The minimum atomic E-state index is -1.27. The Hall–Kier alpha value is -4.46. The summed E-state index contributed by atoms with van der Waals surface area (Å²) in [6, 6.07) is -1.56. The summed E-state index contributed by atoms with van der Waals surface area (Å²) >= 11 is 0. The third-order valence-corrected chi connectivity index (χ3v) is 7.54. The maximum atomic E-state index is 15.6. The number of imidazole rings is 1. The smallest absolute Gasteiger partial charge is 0.326 e. The molecule has 2 amide bonds. The number of carboxylic acid groups (broad SMARTS) is 1. The number of halogens is 1. The number of piperazine rings is 1. The first-order valence-corrected chi connectivity index (χ1v) is 13.3. The number of aromatic amines is 1. The van der Waals surface area contributed by atoms with E-state index in [-0.39, 0.29) is 35.8 Å². The maximum absolute atomic E-state index is 15.6. The Morgan fingerprint density at radius 1 is 1.24 bits per heavy atom. The summed E-state index contributed by atoms with van der Waals surface area (Å²) in [4.78, 5) is 61.8. The first kappa shape index (κ1) is 28.1. The van der Waals surface area contributed by atoms with Crippen LogP contribution in [0.1, 0.15) is 35.9 Å². The number of carbonyl (C=O) groups is 3. The number of hydrogen-bond donors (Lipinski definition) is 4. The topological polar surface area (TPSA) is 162 Å². The molecule has 1 fully saturated rings. The first-order valence-electron chi connectivity index (χ1n) is 13.3. The lowest BCUT2D eigenvalue weighted by Crippen LogP contribution is -2.51. The van der Waals surface area contributed by atoms with Crippen LogP contribution in [0.3, 0.4) is 0 Å². The van der Waals surface area contributed by atoms with E-state index in [4.69, 9.17) is 4.74 Å². The SMILES string of the molecule is C[C@H](NC(=O)c1cn2c3c(c(N4CCN(C)CC4)c(F)cc3c1=O)OC[C@@H]2C)C(=O)N[C@@H](Cc1cnc[nH]1)C(=O)O. The Labute approximate surface area is 234 Å². The van der Waals surface area contributed by atoms with Crippen molar-refractivity contribution < 1.29 is 28.6 Å². The van der Waals surface area contributed by atoms with Crippen molar-refractivity contribution in [2.45, 2.75) is 38.4 Å². The number of carboxylic acids is 1. The second kappa shape index (κ2) is 11.2. The molecule has 218 valence electrons. The highest BCUT2D eigenvalue weighted by molar-refractivity contribution is 6.01. The van der Waals surface area contributed by atoms with E-state index in [0.717, 1.165) is 19.2 Å². The molecular formula is C27H32FN7O6. The zero-order valence-corrected chi connectivity index (χ0v) is 22.9. The molecule has 0 spiro atoms. The fourth-order valence-corrected chi connectivity index (χ4v) is 5.15. The van der Waals surface area contributed by atoms with Gasteiger partial charge >= 0.3 is 5.97 Å². The van der Waals surface area contributed by atoms with Crippen molar-refractivity contribution in [3.05, 3.63) is 52.1 Å². The van der Waals surface area contributed by atoms with Crippen molar-refractivity contribution >= 4 is 34.4 Å². The van der Waals surface area contributed by atoms with E-state index in [1.54, 1.807) is 4.57 Å². The van der Waals surface area contributed by atoms with Gasteiger partial charge in [0.2, 0.25) is 11.3 Å². The summed E-state index contributed by atoms with van der Waals surface area (Å²) in [6.07, 6.45) is 4.21. The normalized spacial score (nSPS) is 18.4. The first-order chi connectivity index (χ1) is 19.5. The van der Waals surface area contributed by atoms with E-state index in [2.05, 4.69) is 25.5 Å². The van der Waals surface area contributed by atoms with Gasteiger partial charge in [0.05, 0.1) is 23.3 Å². The standard InChI is InChI=1S/C27H32FN7O6/c1-14-12-41-24-21-17(9-19(28)22(24)34-6-4-33(3)5-7-34)23(36)18(11-35(14)21)26(38)31-15(2)25(37)32-20(27(39)40)8-16-10-29-13-30-16/h9-11,13-15,20H,4-8,12H2,1-3H3,(H,29,30)(H,31,38)(H,32,37)(H,39,40)/t14-,15-,20-/m0/s1. The summed E-state index contributed by atoms with van der Waals surface area (Å²) < 4.78 is 23.3. The van der Waals surface area contributed by atoms with Crippen LogP contribution in [0.5, 0.6) is 5.75 Å². The van der Waals surface area contributed by atoms with E-state index in [1.165, 1.54) is 25.6 Å². The van der Waals surface area contributed by atoms with Gasteiger partial charge in [-0.15, -0.1) is 0 Å². The van der Waals surface area contributed by atoms with Crippen LogP contribution >= 0.6 is 0 Å². The van der Waals surface area contributed by atoms with Crippen molar-refractivity contribution in [1.29, 1.82) is 0 Å². The number of H-pyrrole nitrogens is 1. The van der Waals surface area contributed by atoms with Crippen molar-refractivity contribution in [3.63, 3.8) is 0 Å². The van der Waals surface area contributed by atoms with Gasteiger partial charge in [-0.3, -0.25) is 14.4 Å². The Bertz CT molecular complexity index is 1550. The number of nitrogens with zero attached hydrogens (tertiary/aromatic N) is 4. The molecule has 0 unspecified atom stereocenters. The summed E-state index contributed by atoms with van der Waals surface area (Å²) in [5.41, 5.74) is 0.251. The van der Waals surface area contributed by atoms with Gasteiger partial charge in [-0.05, 0) is 27.0 Å². The summed E-state index contributed by atoms with van der Waals surface area (Å²) in [5.74, 6) is -3.19. The van der Waals surface area contributed by atoms with E-state index in [9.17, 15) is 24.3 Å². The van der Waals surface area contributed by atoms with Crippen molar-refractivity contribution in [3.8, 4) is 5.75 Å². The van der Waals surface area contributed by atoms with E-state index >= 15 is 4.39 Å². The number of aliphatic carboxylic acids is 1. The number of carbonyl (C=O) groups excluding carboxylic acids is 2. The summed E-state index contributed by atoms with van der Waals surface area (Å²) in [7, 11) is 2.00. The third kappa shape index (κ3) is 5.46. The molecule has 3 aromatic rings. The number of amides is 2. The molecule has 2 aliphatic heterocycles. The Morgan fingerprint density at radius 2 is 1.98 bits per heavy atom. The molecule has 5 rings (SSSR count). The van der Waals surface area contributed by atoms with Crippen molar-refractivity contribution in [2.24, 2.45) is 0 Å². The largest absolute Gasteiger partial charge is 0.487 e. The van der Waals surface area contributed by atoms with Crippen molar-refractivity contribution in [1.82, 2.24) is 30.1 Å². The van der Waals surface area contributed by atoms with Gasteiger partial charge in [0.1, 0.15) is 29.9 Å². The van der Waals surface area contributed by atoms with E-state index in [0.29, 0.717) is 30.0 Å². The molecule has 1 aromatic carbocycles. The lowest BCUT2D eigenvalue weighted by Gasteiger charge is -2.37. The summed E-state index contributed by atoms with van der Waals surface area (Å²) in [6.45, 7) is 6.14. The van der Waals surface area contributed by atoms with Gasteiger partial charge in [-0.1, -0.05) is 0 Å². The van der Waals surface area contributed by atoms with Gasteiger partial charge in [0.15, 0.2) is 11.6 Å². The highest BCUT2D eigenvalue weighted by Crippen LogP contribution is 2.42. The van der Waals surface area contributed by atoms with Crippen molar-refractivity contribution in [2.75, 3.05) is 44.7 Å². The highest BCUT2D eigenvalue weighted by atomic mass is 19.1. The average Bonchev–Trinajstić information content (AvgIpc) is 3.45. The van der Waals surface area contributed by atoms with Gasteiger partial charge in [-0.25, -0.2) is 14.2 Å². The lowest BCUT2D eigenvalue weighted by atomic mass is 10.0. The molecule has 1 saturated heterocycles. The van der Waals surface area contributed by atoms with Gasteiger partial charge in [-0.2, -0.15) is 0 Å². The second-order valence-electron chi connectivity index (χ2n) is 10.5. The highest BCUT2D eigenvalue weighted by Gasteiger charge is 2.32. The Kier molecular flexibility index (Phi) is 7.67. The molecule has 0 radical (unpaired) electrons. The average molecular weight is 570 g/mol. The van der Waals surface area contributed by atoms with Crippen LogP contribution in [0.15, 0.2) is 29.6 Å². The molecule has 4 N–H and O–H groups in total. The summed E-state index contributed by atoms with van der Waals surface area (Å²) in [5, 5.41) is 14.4. The third-order valence-electron chi connectivity index (χ3n) is 7.54. The minimum absolute atomic E-state index is 0.00261. The number of ether oxygens (including phenoxy) is 1. The quantitative estimate of drug-likeness (QED) is 0.303. The predicted octanol–water partition coefficient (Wildman–Crippen LogP) is 0.499. The lowest BCUT2D eigenvalue weighted by molar-refractivity contribution is -0.142. The van der Waals surface area contributed by atoms with Gasteiger partial charge in [0.25, 0.3) is 5.91 Å². The van der Waals surface area contributed by atoms with Crippen LogP contribution in [-0.4, -0.2) is 94.2 Å². The minimum Gasteiger partial charge on any atom is -0.487 e. The monoisotopic (exact) mass is 569 g/mol. The van der Waals surface area contributed by atoms with Gasteiger partial charge < -0.3 is 39.8 Å². The fraction of sp³-hybridized carbons (Fsp3) is 0.444. The number of pyridine rings is 1. The Morgan fingerprint density at radius 3 is 2.63 bits per heavy atom. The molecule has 0 aliphatic carbocycles. The molecule has 2 aliphatic rings. The second-order valence-corrected chi connectivity index (χ2v) is 10.5. The van der Waals surface area contributed by atoms with Crippen LogP contribution in [0.4, 0.5) is 10.1 Å². The van der Waals surface area contributed by atoms with E-state index < -0.39 is 41.1 Å². The van der Waals surface area contributed by atoms with Crippen LogP contribution in [0, 0.1) is 5.82 Å². The number of nitrogens with one attached hydrogen (secondary N) is 3. The molecule has 2 aromatic heterocycles. The zero-order valence-electron chi connectivity index (χ0n) is 22.9. The molecule has 14 heteroatoms. The molecule has 0 bridgehead atoms. The zero-order chi connectivity index (χ0) is 29.4. The molecule has 41 heavy (non-hydrogen) atoms. The van der Waals surface area contributed by atoms with Crippen LogP contribution < -0.4 is 25.7 Å². The Balaban J connectivity index is 1.42. The van der Waals surface area contributed by atoms with Gasteiger partial charge in [0, 0.05) is 50.7 Å². The predicted molar refractivity (Wildman–Crippen MR) is 147 cm³/mol.